The first-order valence-electron chi connectivity index (χ1n) is 11.3. The van der Waals surface area contributed by atoms with Crippen molar-refractivity contribution in [2.45, 2.75) is 19.4 Å². The summed E-state index contributed by atoms with van der Waals surface area (Å²) in [5.74, 6) is -1.03. The number of amides is 1. The molecule has 7 heteroatoms. The molecular formula is C26H30N2O5. The molecule has 0 spiro atoms. The number of hydrogen-bond donors (Lipinski definition) is 1. The summed E-state index contributed by atoms with van der Waals surface area (Å²) in [5.41, 5.74) is 2.36. The number of ether oxygens (including phenoxy) is 2. The van der Waals surface area contributed by atoms with E-state index in [9.17, 15) is 14.7 Å². The van der Waals surface area contributed by atoms with Crippen LogP contribution in [-0.4, -0.2) is 73.1 Å². The number of rotatable bonds is 7. The van der Waals surface area contributed by atoms with Crippen molar-refractivity contribution in [3.05, 3.63) is 70.8 Å². The third-order valence-corrected chi connectivity index (χ3v) is 6.27. The largest absolute Gasteiger partial charge is 0.507 e. The zero-order valence-corrected chi connectivity index (χ0v) is 19.1. The predicted molar refractivity (Wildman–Crippen MR) is 125 cm³/mol. The van der Waals surface area contributed by atoms with Gasteiger partial charge in [-0.3, -0.25) is 14.5 Å². The normalized spacial score (nSPS) is 20.9. The number of benzene rings is 2. The second-order valence-corrected chi connectivity index (χ2v) is 8.41. The third kappa shape index (κ3) is 4.79. The average molecular weight is 451 g/mol. The van der Waals surface area contributed by atoms with E-state index in [-0.39, 0.29) is 11.3 Å². The summed E-state index contributed by atoms with van der Waals surface area (Å²) in [6, 6.07) is 14.0. The number of nitrogens with zero attached hydrogens (tertiary/aromatic N) is 2. The van der Waals surface area contributed by atoms with E-state index in [1.54, 1.807) is 29.2 Å². The van der Waals surface area contributed by atoms with Crippen LogP contribution in [0.15, 0.2) is 54.1 Å². The maximum atomic E-state index is 13.2. The van der Waals surface area contributed by atoms with Crippen LogP contribution in [0.2, 0.25) is 0 Å². The van der Waals surface area contributed by atoms with E-state index in [1.165, 1.54) is 7.11 Å². The van der Waals surface area contributed by atoms with Gasteiger partial charge in [-0.15, -0.1) is 0 Å². The lowest BCUT2D eigenvalue weighted by atomic mass is 9.94. The number of ketones is 1. The summed E-state index contributed by atoms with van der Waals surface area (Å²) in [4.78, 5) is 30.2. The minimum atomic E-state index is -0.671. The van der Waals surface area contributed by atoms with Crippen LogP contribution >= 0.6 is 0 Å². The van der Waals surface area contributed by atoms with E-state index in [0.29, 0.717) is 31.1 Å². The van der Waals surface area contributed by atoms with Crippen LogP contribution in [0.1, 0.15) is 29.2 Å². The standard InChI is InChI=1S/C26H30N2O5/c1-18-8-10-19(11-9-18)23-22(24(29)20-6-3-4-7-21(20)32-2)25(30)26(31)28(23)13-5-12-27-14-16-33-17-15-27/h3-4,6-11,23,29H,5,12-17H2,1-2H3/b24-22+. The molecule has 2 heterocycles. The van der Waals surface area contributed by atoms with Crippen molar-refractivity contribution in [1.82, 2.24) is 9.80 Å². The Morgan fingerprint density at radius 2 is 1.76 bits per heavy atom. The van der Waals surface area contributed by atoms with E-state index in [1.807, 2.05) is 31.2 Å². The van der Waals surface area contributed by atoms with E-state index >= 15 is 0 Å². The second-order valence-electron chi connectivity index (χ2n) is 8.41. The maximum absolute atomic E-state index is 13.2. The van der Waals surface area contributed by atoms with E-state index < -0.39 is 17.7 Å². The van der Waals surface area contributed by atoms with Gasteiger partial charge < -0.3 is 19.5 Å². The number of aliphatic hydroxyl groups is 1. The number of para-hydroxylation sites is 1. The van der Waals surface area contributed by atoms with Crippen LogP contribution in [0, 0.1) is 6.92 Å². The molecule has 4 rings (SSSR count). The number of aryl methyl sites for hydroxylation is 1. The molecule has 7 nitrogen and oxygen atoms in total. The highest BCUT2D eigenvalue weighted by Gasteiger charge is 2.46. The molecule has 1 atom stereocenters. The molecule has 174 valence electrons. The fourth-order valence-electron chi connectivity index (χ4n) is 4.48. The Balaban J connectivity index is 1.69. The van der Waals surface area contributed by atoms with Gasteiger partial charge in [0.25, 0.3) is 11.7 Å². The molecule has 2 fully saturated rings. The SMILES string of the molecule is COc1ccccc1/C(O)=C1\C(=O)C(=O)N(CCCN2CCOCC2)C1c1ccc(C)cc1. The van der Waals surface area contributed by atoms with Gasteiger partial charge in [0.1, 0.15) is 11.5 Å². The summed E-state index contributed by atoms with van der Waals surface area (Å²) < 4.78 is 10.8. The average Bonchev–Trinajstić information content (AvgIpc) is 3.10. The molecule has 2 aliphatic rings. The molecule has 0 aliphatic carbocycles. The van der Waals surface area contributed by atoms with Crippen LogP contribution in [0.4, 0.5) is 0 Å². The van der Waals surface area contributed by atoms with Crippen molar-refractivity contribution >= 4 is 17.4 Å². The van der Waals surface area contributed by atoms with Gasteiger partial charge in [-0.2, -0.15) is 0 Å². The molecule has 33 heavy (non-hydrogen) atoms. The number of methoxy groups -OCH3 is 1. The topological polar surface area (TPSA) is 79.3 Å². The molecule has 1 amide bonds. The van der Waals surface area contributed by atoms with Crippen LogP contribution in [0.5, 0.6) is 5.75 Å². The second kappa shape index (κ2) is 10.2. The Kier molecular flexibility index (Phi) is 7.11. The lowest BCUT2D eigenvalue weighted by molar-refractivity contribution is -0.140. The van der Waals surface area contributed by atoms with Gasteiger partial charge in [-0.25, -0.2) is 0 Å². The van der Waals surface area contributed by atoms with Gasteiger partial charge in [0.05, 0.1) is 37.5 Å². The lowest BCUT2D eigenvalue weighted by Gasteiger charge is -2.29. The highest BCUT2D eigenvalue weighted by atomic mass is 16.5. The molecule has 2 aromatic carbocycles. The summed E-state index contributed by atoms with van der Waals surface area (Å²) in [7, 11) is 1.51. The maximum Gasteiger partial charge on any atom is 0.295 e. The van der Waals surface area contributed by atoms with E-state index in [0.717, 1.165) is 37.2 Å². The summed E-state index contributed by atoms with van der Waals surface area (Å²) in [6.07, 6.45) is 0.726. The summed E-state index contributed by atoms with van der Waals surface area (Å²) in [5, 5.41) is 11.2. The number of aliphatic hydroxyl groups excluding tert-OH is 1. The zero-order valence-electron chi connectivity index (χ0n) is 19.1. The molecule has 1 N–H and O–H groups in total. The smallest absolute Gasteiger partial charge is 0.295 e. The Bertz CT molecular complexity index is 1040. The fourth-order valence-corrected chi connectivity index (χ4v) is 4.48. The van der Waals surface area contributed by atoms with Crippen molar-refractivity contribution in [3.63, 3.8) is 0 Å². The van der Waals surface area contributed by atoms with Gasteiger partial charge in [0.2, 0.25) is 0 Å². The van der Waals surface area contributed by atoms with Crippen LogP contribution in [-0.2, 0) is 14.3 Å². The van der Waals surface area contributed by atoms with Crippen LogP contribution in [0.3, 0.4) is 0 Å². The number of carbonyl (C=O) groups is 2. The number of morpholine rings is 1. The number of carbonyl (C=O) groups excluding carboxylic acids is 2. The zero-order chi connectivity index (χ0) is 23.4. The number of hydrogen-bond acceptors (Lipinski definition) is 6. The summed E-state index contributed by atoms with van der Waals surface area (Å²) >= 11 is 0. The van der Waals surface area contributed by atoms with Crippen molar-refractivity contribution in [2.75, 3.05) is 46.5 Å². The Labute approximate surface area is 194 Å². The molecule has 0 bridgehead atoms. The molecule has 0 saturated carbocycles. The molecule has 2 aromatic rings. The molecule has 0 aromatic heterocycles. The molecule has 2 aliphatic heterocycles. The molecule has 1 unspecified atom stereocenters. The van der Waals surface area contributed by atoms with Gasteiger partial charge in [-0.05, 0) is 31.0 Å². The Morgan fingerprint density at radius 3 is 2.45 bits per heavy atom. The van der Waals surface area contributed by atoms with Crippen molar-refractivity contribution in [2.24, 2.45) is 0 Å². The first kappa shape index (κ1) is 23.0. The van der Waals surface area contributed by atoms with Gasteiger partial charge >= 0.3 is 0 Å². The molecule has 0 radical (unpaired) electrons. The predicted octanol–water partition coefficient (Wildman–Crippen LogP) is 3.15. The van der Waals surface area contributed by atoms with Crippen molar-refractivity contribution < 1.29 is 24.2 Å². The monoisotopic (exact) mass is 450 g/mol. The van der Waals surface area contributed by atoms with E-state index in [4.69, 9.17) is 9.47 Å². The number of likely N-dealkylation sites (tertiary alicyclic amines) is 1. The van der Waals surface area contributed by atoms with Crippen molar-refractivity contribution in [1.29, 1.82) is 0 Å². The summed E-state index contributed by atoms with van der Waals surface area (Å²) in [6.45, 7) is 6.39. The first-order valence-corrected chi connectivity index (χ1v) is 11.3. The quantitative estimate of drug-likeness (QED) is 0.397. The third-order valence-electron chi connectivity index (χ3n) is 6.27. The van der Waals surface area contributed by atoms with E-state index in [2.05, 4.69) is 4.90 Å². The highest BCUT2D eigenvalue weighted by Crippen LogP contribution is 2.40. The first-order chi connectivity index (χ1) is 16.0. The van der Waals surface area contributed by atoms with Gasteiger partial charge in [0, 0.05) is 26.2 Å². The fraction of sp³-hybridized carbons (Fsp3) is 0.385. The number of Topliss-reactive ketones (excluding diaryl/α,β-unsaturated/α-hetero) is 1. The Morgan fingerprint density at radius 1 is 1.06 bits per heavy atom. The molecule has 2 saturated heterocycles. The molecular weight excluding hydrogens is 420 g/mol. The van der Waals surface area contributed by atoms with Crippen LogP contribution < -0.4 is 4.74 Å². The van der Waals surface area contributed by atoms with Gasteiger partial charge in [0.15, 0.2) is 0 Å². The Hall–Kier alpha value is -3.16. The minimum absolute atomic E-state index is 0.0970. The van der Waals surface area contributed by atoms with Crippen LogP contribution in [0.25, 0.3) is 5.76 Å². The lowest BCUT2D eigenvalue weighted by Crippen LogP contribution is -2.38. The van der Waals surface area contributed by atoms with Gasteiger partial charge in [-0.1, -0.05) is 42.0 Å². The van der Waals surface area contributed by atoms with Crippen molar-refractivity contribution in [3.8, 4) is 5.75 Å². The highest BCUT2D eigenvalue weighted by molar-refractivity contribution is 6.46. The minimum Gasteiger partial charge on any atom is -0.507 e.